The number of carbonyl (C=O) groups is 1. The van der Waals surface area contributed by atoms with E-state index in [1.807, 2.05) is 30.3 Å². The van der Waals surface area contributed by atoms with Gasteiger partial charge in [0.25, 0.3) is 11.6 Å². The SMILES string of the molecule is COc1cc([N+](=O)[O-])ccc1OCC(=O)NC(CC(C)C)c1ccccc1. The number of benzene rings is 2. The molecular weight excluding hydrogens is 348 g/mol. The summed E-state index contributed by atoms with van der Waals surface area (Å²) in [5.74, 6) is 0.619. The predicted octanol–water partition coefficient (Wildman–Crippen LogP) is 3.89. The predicted molar refractivity (Wildman–Crippen MR) is 102 cm³/mol. The first kappa shape index (κ1) is 20.2. The number of carbonyl (C=O) groups excluding carboxylic acids is 1. The Labute approximate surface area is 158 Å². The van der Waals surface area contributed by atoms with Crippen LogP contribution in [0.4, 0.5) is 5.69 Å². The standard InChI is InChI=1S/C20H24N2O5/c1-14(2)11-17(15-7-5-4-6-8-15)21-20(23)13-27-18-10-9-16(22(24)25)12-19(18)26-3/h4-10,12,14,17H,11,13H2,1-3H3,(H,21,23). The first-order valence-corrected chi connectivity index (χ1v) is 8.70. The molecule has 2 aromatic carbocycles. The molecule has 0 spiro atoms. The molecular formula is C20H24N2O5. The number of hydrogen-bond donors (Lipinski definition) is 1. The molecule has 7 heteroatoms. The molecule has 7 nitrogen and oxygen atoms in total. The van der Waals surface area contributed by atoms with Crippen LogP contribution >= 0.6 is 0 Å². The topological polar surface area (TPSA) is 90.7 Å². The van der Waals surface area contributed by atoms with Gasteiger partial charge >= 0.3 is 0 Å². The van der Waals surface area contributed by atoms with Gasteiger partial charge < -0.3 is 14.8 Å². The molecule has 0 saturated heterocycles. The zero-order valence-corrected chi connectivity index (χ0v) is 15.7. The lowest BCUT2D eigenvalue weighted by Crippen LogP contribution is -2.33. The average molecular weight is 372 g/mol. The van der Waals surface area contributed by atoms with Crippen molar-refractivity contribution in [3.05, 3.63) is 64.2 Å². The number of amides is 1. The Hall–Kier alpha value is -3.09. The van der Waals surface area contributed by atoms with Gasteiger partial charge in [-0.3, -0.25) is 14.9 Å². The highest BCUT2D eigenvalue weighted by molar-refractivity contribution is 5.78. The van der Waals surface area contributed by atoms with Crippen LogP contribution in [0, 0.1) is 16.0 Å². The molecule has 144 valence electrons. The number of nitrogens with zero attached hydrogens (tertiary/aromatic N) is 1. The van der Waals surface area contributed by atoms with E-state index in [-0.39, 0.29) is 35.7 Å². The van der Waals surface area contributed by atoms with Crippen LogP contribution in [-0.2, 0) is 4.79 Å². The maximum Gasteiger partial charge on any atom is 0.273 e. The summed E-state index contributed by atoms with van der Waals surface area (Å²) in [7, 11) is 1.39. The number of nitro benzene ring substituents is 1. The van der Waals surface area contributed by atoms with Crippen molar-refractivity contribution in [2.45, 2.75) is 26.3 Å². The fraction of sp³-hybridized carbons (Fsp3) is 0.350. The van der Waals surface area contributed by atoms with E-state index in [9.17, 15) is 14.9 Å². The van der Waals surface area contributed by atoms with Crippen LogP contribution in [0.5, 0.6) is 11.5 Å². The molecule has 27 heavy (non-hydrogen) atoms. The number of nitrogens with one attached hydrogen (secondary N) is 1. The van der Waals surface area contributed by atoms with Gasteiger partial charge in [0.2, 0.25) is 0 Å². The molecule has 0 fully saturated rings. The Kier molecular flexibility index (Phi) is 7.16. The Balaban J connectivity index is 2.03. The number of rotatable bonds is 9. The second-order valence-corrected chi connectivity index (χ2v) is 6.54. The van der Waals surface area contributed by atoms with Crippen LogP contribution in [0.15, 0.2) is 48.5 Å². The molecule has 0 aromatic heterocycles. The molecule has 1 amide bonds. The Morgan fingerprint density at radius 2 is 1.85 bits per heavy atom. The van der Waals surface area contributed by atoms with Crippen LogP contribution < -0.4 is 14.8 Å². The van der Waals surface area contributed by atoms with Crippen LogP contribution in [-0.4, -0.2) is 24.5 Å². The summed E-state index contributed by atoms with van der Waals surface area (Å²) < 4.78 is 10.6. The first-order valence-electron chi connectivity index (χ1n) is 8.70. The van der Waals surface area contributed by atoms with Crippen molar-refractivity contribution in [3.8, 4) is 11.5 Å². The Morgan fingerprint density at radius 3 is 2.44 bits per heavy atom. The molecule has 0 aliphatic rings. The molecule has 0 aliphatic heterocycles. The van der Waals surface area contributed by atoms with Gasteiger partial charge in [-0.2, -0.15) is 0 Å². The largest absolute Gasteiger partial charge is 0.493 e. The maximum absolute atomic E-state index is 12.4. The minimum Gasteiger partial charge on any atom is -0.493 e. The number of hydrogen-bond acceptors (Lipinski definition) is 5. The molecule has 0 aliphatic carbocycles. The molecule has 1 unspecified atom stereocenters. The van der Waals surface area contributed by atoms with Crippen molar-refractivity contribution < 1.29 is 19.2 Å². The molecule has 1 atom stereocenters. The number of nitro groups is 1. The van der Waals surface area contributed by atoms with E-state index < -0.39 is 4.92 Å². The zero-order valence-electron chi connectivity index (χ0n) is 15.7. The average Bonchev–Trinajstić information content (AvgIpc) is 2.66. The van der Waals surface area contributed by atoms with Crippen molar-refractivity contribution in [3.63, 3.8) is 0 Å². The number of ether oxygens (including phenoxy) is 2. The van der Waals surface area contributed by atoms with Crippen LogP contribution in [0.25, 0.3) is 0 Å². The van der Waals surface area contributed by atoms with E-state index in [1.54, 1.807) is 0 Å². The van der Waals surface area contributed by atoms with Crippen molar-refractivity contribution in [1.29, 1.82) is 0 Å². The van der Waals surface area contributed by atoms with E-state index >= 15 is 0 Å². The second kappa shape index (κ2) is 9.56. The number of methoxy groups -OCH3 is 1. The second-order valence-electron chi connectivity index (χ2n) is 6.54. The van der Waals surface area contributed by atoms with Crippen LogP contribution in [0.2, 0.25) is 0 Å². The third kappa shape index (κ3) is 5.99. The molecule has 2 aromatic rings. The van der Waals surface area contributed by atoms with E-state index in [0.717, 1.165) is 12.0 Å². The molecule has 0 bridgehead atoms. The first-order chi connectivity index (χ1) is 12.9. The van der Waals surface area contributed by atoms with Gasteiger partial charge in [-0.05, 0) is 24.0 Å². The minimum atomic E-state index is -0.518. The quantitative estimate of drug-likeness (QED) is 0.533. The third-order valence-electron chi connectivity index (χ3n) is 3.96. The molecule has 0 heterocycles. The fourth-order valence-corrected chi connectivity index (χ4v) is 2.70. The smallest absolute Gasteiger partial charge is 0.273 e. The van der Waals surface area contributed by atoms with Gasteiger partial charge in [0.15, 0.2) is 18.1 Å². The van der Waals surface area contributed by atoms with E-state index in [1.165, 1.54) is 25.3 Å². The lowest BCUT2D eigenvalue weighted by molar-refractivity contribution is -0.384. The highest BCUT2D eigenvalue weighted by atomic mass is 16.6. The maximum atomic E-state index is 12.4. The summed E-state index contributed by atoms with van der Waals surface area (Å²) in [5.41, 5.74) is 0.928. The van der Waals surface area contributed by atoms with Gasteiger partial charge in [-0.15, -0.1) is 0 Å². The summed E-state index contributed by atoms with van der Waals surface area (Å²) in [6, 6.07) is 13.6. The highest BCUT2D eigenvalue weighted by Crippen LogP contribution is 2.31. The van der Waals surface area contributed by atoms with Gasteiger partial charge in [0.1, 0.15) is 0 Å². The molecule has 1 N–H and O–H groups in total. The minimum absolute atomic E-state index is 0.107. The molecule has 2 rings (SSSR count). The third-order valence-corrected chi connectivity index (χ3v) is 3.96. The number of non-ortho nitro benzene ring substituents is 1. The molecule has 0 radical (unpaired) electrons. The van der Waals surface area contributed by atoms with Crippen molar-refractivity contribution >= 4 is 11.6 Å². The summed E-state index contributed by atoms with van der Waals surface area (Å²) >= 11 is 0. The van der Waals surface area contributed by atoms with Crippen molar-refractivity contribution in [2.75, 3.05) is 13.7 Å². The fourth-order valence-electron chi connectivity index (χ4n) is 2.70. The lowest BCUT2D eigenvalue weighted by atomic mass is 9.97. The van der Waals surface area contributed by atoms with Gasteiger partial charge in [0, 0.05) is 6.07 Å². The Bertz CT molecular complexity index is 777. The molecule has 0 saturated carbocycles. The van der Waals surface area contributed by atoms with E-state index in [2.05, 4.69) is 19.2 Å². The zero-order chi connectivity index (χ0) is 19.8. The summed E-state index contributed by atoms with van der Waals surface area (Å²) in [6.45, 7) is 3.98. The summed E-state index contributed by atoms with van der Waals surface area (Å²) in [4.78, 5) is 22.7. The normalized spacial score (nSPS) is 11.7. The van der Waals surface area contributed by atoms with Gasteiger partial charge in [-0.25, -0.2) is 0 Å². The van der Waals surface area contributed by atoms with Gasteiger partial charge in [0.05, 0.1) is 24.1 Å². The highest BCUT2D eigenvalue weighted by Gasteiger charge is 2.18. The van der Waals surface area contributed by atoms with E-state index in [4.69, 9.17) is 9.47 Å². The van der Waals surface area contributed by atoms with Crippen molar-refractivity contribution in [2.24, 2.45) is 5.92 Å². The summed E-state index contributed by atoms with van der Waals surface area (Å²) in [5, 5.41) is 13.8. The summed E-state index contributed by atoms with van der Waals surface area (Å²) in [6.07, 6.45) is 0.802. The Morgan fingerprint density at radius 1 is 1.15 bits per heavy atom. The monoisotopic (exact) mass is 372 g/mol. The van der Waals surface area contributed by atoms with Gasteiger partial charge in [-0.1, -0.05) is 44.2 Å². The lowest BCUT2D eigenvalue weighted by Gasteiger charge is -2.21. The van der Waals surface area contributed by atoms with Crippen LogP contribution in [0.3, 0.4) is 0 Å². The van der Waals surface area contributed by atoms with Crippen LogP contribution in [0.1, 0.15) is 31.9 Å². The van der Waals surface area contributed by atoms with Crippen molar-refractivity contribution in [1.82, 2.24) is 5.32 Å². The van der Waals surface area contributed by atoms with E-state index in [0.29, 0.717) is 5.92 Å².